The van der Waals surface area contributed by atoms with Crippen molar-refractivity contribution >= 4 is 11.8 Å². The second-order valence-corrected chi connectivity index (χ2v) is 7.51. The monoisotopic (exact) mass is 244 g/mol. The molecule has 0 saturated carbocycles. The summed E-state index contributed by atoms with van der Waals surface area (Å²) < 4.78 is 0.368. The van der Waals surface area contributed by atoms with Crippen LogP contribution in [0.15, 0.2) is 0 Å². The van der Waals surface area contributed by atoms with Crippen molar-refractivity contribution in [2.75, 3.05) is 25.9 Å². The molecule has 2 atom stereocenters. The molecule has 2 nitrogen and oxygen atoms in total. The molecule has 16 heavy (non-hydrogen) atoms. The van der Waals surface area contributed by atoms with E-state index < -0.39 is 0 Å². The van der Waals surface area contributed by atoms with Gasteiger partial charge in [-0.2, -0.15) is 11.8 Å². The van der Waals surface area contributed by atoms with Gasteiger partial charge in [0.25, 0.3) is 0 Å². The zero-order valence-corrected chi connectivity index (χ0v) is 12.5. The zero-order valence-electron chi connectivity index (χ0n) is 11.7. The van der Waals surface area contributed by atoms with E-state index in [1.807, 2.05) is 11.8 Å². The van der Waals surface area contributed by atoms with E-state index >= 15 is 0 Å². The van der Waals surface area contributed by atoms with Gasteiger partial charge in [-0.25, -0.2) is 0 Å². The highest BCUT2D eigenvalue weighted by molar-refractivity contribution is 7.99. The van der Waals surface area contributed by atoms with Crippen molar-refractivity contribution in [3.05, 3.63) is 0 Å². The quantitative estimate of drug-likeness (QED) is 0.818. The summed E-state index contributed by atoms with van der Waals surface area (Å²) in [6.45, 7) is 15.2. The number of thioether (sulfide) groups is 1. The summed E-state index contributed by atoms with van der Waals surface area (Å²) in [7, 11) is 0. The van der Waals surface area contributed by atoms with Gasteiger partial charge in [0.15, 0.2) is 0 Å². The van der Waals surface area contributed by atoms with Crippen LogP contribution in [0.3, 0.4) is 0 Å². The summed E-state index contributed by atoms with van der Waals surface area (Å²) in [6, 6.07) is 1.33. The summed E-state index contributed by atoms with van der Waals surface area (Å²) >= 11 is 1.97. The topological polar surface area (TPSA) is 15.3 Å². The molecule has 1 aliphatic rings. The fourth-order valence-corrected chi connectivity index (χ4v) is 2.46. The summed E-state index contributed by atoms with van der Waals surface area (Å²) in [4.78, 5) is 2.65. The van der Waals surface area contributed by atoms with Crippen LogP contribution < -0.4 is 5.32 Å². The lowest BCUT2D eigenvalue weighted by Crippen LogP contribution is -2.59. The van der Waals surface area contributed by atoms with Gasteiger partial charge in [0.1, 0.15) is 0 Å². The molecule has 96 valence electrons. The smallest absolute Gasteiger partial charge is 0.0228 e. The highest BCUT2D eigenvalue weighted by atomic mass is 32.2. The maximum atomic E-state index is 3.65. The Morgan fingerprint density at radius 3 is 2.56 bits per heavy atom. The van der Waals surface area contributed by atoms with Gasteiger partial charge < -0.3 is 5.32 Å². The molecule has 0 aliphatic carbocycles. The normalized spacial score (nSPS) is 28.7. The van der Waals surface area contributed by atoms with Crippen LogP contribution in [-0.2, 0) is 0 Å². The van der Waals surface area contributed by atoms with E-state index in [-0.39, 0.29) is 0 Å². The van der Waals surface area contributed by atoms with Gasteiger partial charge in [-0.15, -0.1) is 0 Å². The first-order valence-electron chi connectivity index (χ1n) is 6.38. The molecule has 1 aliphatic heterocycles. The van der Waals surface area contributed by atoms with Crippen LogP contribution in [0.25, 0.3) is 0 Å². The van der Waals surface area contributed by atoms with Crippen LogP contribution >= 0.6 is 11.8 Å². The summed E-state index contributed by atoms with van der Waals surface area (Å²) in [5, 5.41) is 3.65. The Balaban J connectivity index is 2.56. The molecule has 0 bridgehead atoms. The van der Waals surface area contributed by atoms with Crippen LogP contribution in [0.1, 0.15) is 34.6 Å². The number of hydrogen-bond donors (Lipinski definition) is 1. The van der Waals surface area contributed by atoms with E-state index in [4.69, 9.17) is 0 Å². The predicted octanol–water partition coefficient (Wildman–Crippen LogP) is 2.45. The van der Waals surface area contributed by atoms with Gasteiger partial charge in [0.2, 0.25) is 0 Å². The molecular formula is C13H28N2S. The second-order valence-electron chi connectivity index (χ2n) is 6.00. The van der Waals surface area contributed by atoms with Crippen LogP contribution in [-0.4, -0.2) is 47.6 Å². The lowest BCUT2D eigenvalue weighted by Gasteiger charge is -2.43. The molecule has 0 radical (unpaired) electrons. The number of hydrogen-bond acceptors (Lipinski definition) is 3. The van der Waals surface area contributed by atoms with Crippen molar-refractivity contribution in [2.45, 2.75) is 51.4 Å². The Labute approximate surface area is 106 Å². The van der Waals surface area contributed by atoms with E-state index in [0.29, 0.717) is 16.8 Å². The van der Waals surface area contributed by atoms with Gasteiger partial charge in [-0.05, 0) is 32.9 Å². The molecule has 1 N–H and O–H groups in total. The standard InChI is InChI=1S/C13H28N2S/c1-10(2)12-8-15(11(3)7-14-12)9-13(4,5)16-6/h10-12,14H,7-9H2,1-6H3. The minimum atomic E-state index is 0.368. The van der Waals surface area contributed by atoms with Crippen LogP contribution in [0, 0.1) is 5.92 Å². The first kappa shape index (κ1) is 14.3. The minimum absolute atomic E-state index is 0.368. The van der Waals surface area contributed by atoms with Crippen molar-refractivity contribution in [1.29, 1.82) is 0 Å². The van der Waals surface area contributed by atoms with Crippen molar-refractivity contribution in [3.8, 4) is 0 Å². The third-order valence-electron chi connectivity index (χ3n) is 3.67. The number of nitrogens with zero attached hydrogens (tertiary/aromatic N) is 1. The maximum Gasteiger partial charge on any atom is 0.0228 e. The average Bonchev–Trinajstić information content (AvgIpc) is 2.21. The van der Waals surface area contributed by atoms with Crippen molar-refractivity contribution in [2.24, 2.45) is 5.92 Å². The number of nitrogens with one attached hydrogen (secondary N) is 1. The Kier molecular flexibility index (Phi) is 5.14. The van der Waals surface area contributed by atoms with Gasteiger partial charge in [-0.1, -0.05) is 13.8 Å². The van der Waals surface area contributed by atoms with Crippen molar-refractivity contribution in [3.63, 3.8) is 0 Å². The average molecular weight is 244 g/mol. The van der Waals surface area contributed by atoms with Crippen LogP contribution in [0.4, 0.5) is 0 Å². The Morgan fingerprint density at radius 1 is 1.44 bits per heavy atom. The fourth-order valence-electron chi connectivity index (χ4n) is 2.17. The summed E-state index contributed by atoms with van der Waals surface area (Å²) in [5.74, 6) is 0.729. The van der Waals surface area contributed by atoms with Gasteiger partial charge in [0.05, 0.1) is 0 Å². The van der Waals surface area contributed by atoms with Gasteiger partial charge >= 0.3 is 0 Å². The molecule has 0 aromatic carbocycles. The lowest BCUT2D eigenvalue weighted by molar-refractivity contribution is 0.115. The zero-order chi connectivity index (χ0) is 12.3. The fraction of sp³-hybridized carbons (Fsp3) is 1.00. The van der Waals surface area contributed by atoms with Gasteiger partial charge in [0, 0.05) is 36.5 Å². The largest absolute Gasteiger partial charge is 0.311 e. The van der Waals surface area contributed by atoms with E-state index in [1.54, 1.807) is 0 Å². The molecule has 0 amide bonds. The van der Waals surface area contributed by atoms with E-state index in [1.165, 1.54) is 13.1 Å². The molecule has 0 spiro atoms. The Morgan fingerprint density at radius 2 is 2.06 bits per heavy atom. The predicted molar refractivity (Wildman–Crippen MR) is 75.3 cm³/mol. The molecule has 1 fully saturated rings. The molecular weight excluding hydrogens is 216 g/mol. The highest BCUT2D eigenvalue weighted by Gasteiger charge is 2.30. The van der Waals surface area contributed by atoms with Crippen molar-refractivity contribution in [1.82, 2.24) is 10.2 Å². The molecule has 3 heteroatoms. The van der Waals surface area contributed by atoms with Crippen LogP contribution in [0.5, 0.6) is 0 Å². The SMILES string of the molecule is CSC(C)(C)CN1CC(C(C)C)NCC1C. The Bertz CT molecular complexity index is 216. The minimum Gasteiger partial charge on any atom is -0.311 e. The molecule has 1 rings (SSSR count). The summed E-state index contributed by atoms with van der Waals surface area (Å²) in [6.07, 6.45) is 2.22. The van der Waals surface area contributed by atoms with E-state index in [0.717, 1.165) is 12.5 Å². The lowest BCUT2D eigenvalue weighted by atomic mass is 9.99. The number of piperazine rings is 1. The molecule has 1 heterocycles. The van der Waals surface area contributed by atoms with E-state index in [2.05, 4.69) is 51.1 Å². The van der Waals surface area contributed by atoms with Crippen molar-refractivity contribution < 1.29 is 0 Å². The third kappa shape index (κ3) is 3.94. The molecule has 0 aromatic rings. The van der Waals surface area contributed by atoms with E-state index in [9.17, 15) is 0 Å². The number of rotatable bonds is 4. The molecule has 1 saturated heterocycles. The van der Waals surface area contributed by atoms with Gasteiger partial charge in [-0.3, -0.25) is 4.90 Å². The first-order chi connectivity index (χ1) is 7.35. The highest BCUT2D eigenvalue weighted by Crippen LogP contribution is 2.25. The molecule has 0 aromatic heterocycles. The maximum absolute atomic E-state index is 3.65. The third-order valence-corrected chi connectivity index (χ3v) is 4.91. The summed E-state index contributed by atoms with van der Waals surface area (Å²) in [5.41, 5.74) is 0. The Hall–Kier alpha value is 0.270. The molecule has 2 unspecified atom stereocenters. The second kappa shape index (κ2) is 5.74. The van der Waals surface area contributed by atoms with Crippen LogP contribution in [0.2, 0.25) is 0 Å². The first-order valence-corrected chi connectivity index (χ1v) is 7.61.